The highest BCUT2D eigenvalue weighted by atomic mass is 35.5. The molecular formula is C20H16ClFN4OS. The van der Waals surface area contributed by atoms with Crippen LogP contribution in [0, 0.1) is 25.1 Å². The third-order valence-electron chi connectivity index (χ3n) is 4.72. The summed E-state index contributed by atoms with van der Waals surface area (Å²) in [6.45, 7) is 5.70. The summed E-state index contributed by atoms with van der Waals surface area (Å²) in [5.41, 5.74) is 4.36. The second-order valence-corrected chi connectivity index (χ2v) is 7.82. The number of aliphatic imine (C=N–C) groups is 1. The van der Waals surface area contributed by atoms with Crippen LogP contribution < -0.4 is 0 Å². The summed E-state index contributed by atoms with van der Waals surface area (Å²) < 4.78 is 15.5. The molecule has 0 fully saturated rings. The predicted molar refractivity (Wildman–Crippen MR) is 112 cm³/mol. The second-order valence-electron chi connectivity index (χ2n) is 6.58. The molecule has 0 bridgehead atoms. The molecule has 2 aromatic rings. The van der Waals surface area contributed by atoms with Crippen LogP contribution in [-0.4, -0.2) is 26.4 Å². The van der Waals surface area contributed by atoms with E-state index in [1.54, 1.807) is 23.1 Å². The molecule has 1 amide bonds. The molecule has 0 aliphatic carbocycles. The van der Waals surface area contributed by atoms with Gasteiger partial charge < -0.3 is 4.57 Å². The van der Waals surface area contributed by atoms with Crippen LogP contribution in [0.1, 0.15) is 23.9 Å². The number of nitrogens with zero attached hydrogens (tertiary/aromatic N) is 3. The molecule has 1 aromatic carbocycles. The number of rotatable bonds is 2. The highest BCUT2D eigenvalue weighted by Crippen LogP contribution is 2.33. The molecule has 0 atom stereocenters. The van der Waals surface area contributed by atoms with Crippen molar-refractivity contribution in [3.63, 3.8) is 0 Å². The van der Waals surface area contributed by atoms with Crippen LogP contribution in [0.2, 0.25) is 5.02 Å². The molecule has 0 radical (unpaired) electrons. The third kappa shape index (κ3) is 2.91. The van der Waals surface area contributed by atoms with E-state index < -0.39 is 11.7 Å². The highest BCUT2D eigenvalue weighted by Gasteiger charge is 2.34. The number of thioether (sulfide) groups is 1. The molecule has 2 aliphatic rings. The van der Waals surface area contributed by atoms with Gasteiger partial charge in [0, 0.05) is 22.8 Å². The number of aromatic nitrogens is 1. The van der Waals surface area contributed by atoms with Gasteiger partial charge in [-0.05, 0) is 62.1 Å². The minimum atomic E-state index is -0.475. The van der Waals surface area contributed by atoms with Gasteiger partial charge in [0.05, 0.1) is 10.6 Å². The highest BCUT2D eigenvalue weighted by molar-refractivity contribution is 8.16. The Morgan fingerprint density at radius 1 is 1.25 bits per heavy atom. The Balaban J connectivity index is 1.79. The van der Waals surface area contributed by atoms with Crippen LogP contribution in [0.5, 0.6) is 0 Å². The van der Waals surface area contributed by atoms with E-state index >= 15 is 0 Å². The van der Waals surface area contributed by atoms with Crippen molar-refractivity contribution in [1.82, 2.24) is 9.47 Å². The molecule has 28 heavy (non-hydrogen) atoms. The second kappa shape index (κ2) is 6.76. The lowest BCUT2D eigenvalue weighted by atomic mass is 10.1. The lowest BCUT2D eigenvalue weighted by Gasteiger charge is -2.25. The number of aryl methyl sites for hydroxylation is 1. The van der Waals surface area contributed by atoms with Gasteiger partial charge in [-0.2, -0.15) is 4.99 Å². The number of halogens is 2. The fourth-order valence-corrected chi connectivity index (χ4v) is 4.38. The van der Waals surface area contributed by atoms with Gasteiger partial charge in [-0.25, -0.2) is 4.39 Å². The van der Waals surface area contributed by atoms with Crippen molar-refractivity contribution in [3.8, 4) is 5.69 Å². The van der Waals surface area contributed by atoms with Crippen molar-refractivity contribution >= 4 is 46.3 Å². The van der Waals surface area contributed by atoms with E-state index in [0.717, 1.165) is 28.3 Å². The number of hydrogen-bond donors (Lipinski definition) is 1. The van der Waals surface area contributed by atoms with E-state index in [2.05, 4.69) is 4.99 Å². The summed E-state index contributed by atoms with van der Waals surface area (Å²) in [5.74, 6) is -0.790. The molecule has 0 unspecified atom stereocenters. The number of carbonyl (C=O) groups excluding carboxylic acids is 1. The number of carbonyl (C=O) groups is 1. The Bertz CT molecular complexity index is 1150. The minimum absolute atomic E-state index is 0.0461. The molecule has 5 nitrogen and oxygen atoms in total. The van der Waals surface area contributed by atoms with Crippen molar-refractivity contribution < 1.29 is 9.18 Å². The average molecular weight is 415 g/mol. The van der Waals surface area contributed by atoms with Gasteiger partial charge >= 0.3 is 0 Å². The number of hydrogen-bond acceptors (Lipinski definition) is 3. The lowest BCUT2D eigenvalue weighted by Crippen LogP contribution is -2.37. The van der Waals surface area contributed by atoms with Gasteiger partial charge in [-0.3, -0.25) is 15.1 Å². The van der Waals surface area contributed by atoms with E-state index in [0.29, 0.717) is 5.17 Å². The van der Waals surface area contributed by atoms with Crippen LogP contribution in [-0.2, 0) is 4.79 Å². The normalized spacial score (nSPS) is 17.9. The van der Waals surface area contributed by atoms with Crippen LogP contribution in [0.15, 0.2) is 45.9 Å². The quantitative estimate of drug-likeness (QED) is 0.699. The van der Waals surface area contributed by atoms with Crippen LogP contribution in [0.3, 0.4) is 0 Å². The standard InChI is InChI=1S/C20H16ClFN4OS/c1-10-6-13(12(3)25(10)14-4-5-17(22)16(21)8-14)7-15-18(23)26-11(2)9-28-20(26)24-19(15)27/h4-9,23H,1-3H3/b15-7-,23-18?. The predicted octanol–water partition coefficient (Wildman–Crippen LogP) is 5.05. The summed E-state index contributed by atoms with van der Waals surface area (Å²) in [6.07, 6.45) is 1.69. The van der Waals surface area contributed by atoms with Gasteiger partial charge in [0.25, 0.3) is 5.91 Å². The first-order chi connectivity index (χ1) is 13.3. The van der Waals surface area contributed by atoms with E-state index in [4.69, 9.17) is 17.0 Å². The Kier molecular flexibility index (Phi) is 4.51. The molecule has 1 aromatic heterocycles. The molecule has 0 spiro atoms. The fourth-order valence-electron chi connectivity index (χ4n) is 3.35. The topological polar surface area (TPSA) is 61.5 Å². The van der Waals surface area contributed by atoms with Crippen molar-refractivity contribution in [1.29, 1.82) is 5.41 Å². The summed E-state index contributed by atoms with van der Waals surface area (Å²) in [6, 6.07) is 6.46. The lowest BCUT2D eigenvalue weighted by molar-refractivity contribution is -0.114. The van der Waals surface area contributed by atoms with Gasteiger partial charge in [0.2, 0.25) is 0 Å². The molecule has 2 aliphatic heterocycles. The SMILES string of the molecule is CC1=CSC2=NC(=O)/C(=C\c3cc(C)n(-c4ccc(F)c(Cl)c4)c3C)C(=N)N12. The number of amides is 1. The maximum Gasteiger partial charge on any atom is 0.283 e. The first-order valence-electron chi connectivity index (χ1n) is 8.49. The first-order valence-corrected chi connectivity index (χ1v) is 9.75. The zero-order chi connectivity index (χ0) is 20.2. The molecule has 142 valence electrons. The largest absolute Gasteiger partial charge is 0.318 e. The van der Waals surface area contributed by atoms with Gasteiger partial charge in [0.1, 0.15) is 11.7 Å². The summed E-state index contributed by atoms with van der Waals surface area (Å²) in [7, 11) is 0. The molecule has 1 N–H and O–H groups in total. The van der Waals surface area contributed by atoms with E-state index in [-0.39, 0.29) is 16.4 Å². The fraction of sp³-hybridized carbons (Fsp3) is 0.150. The van der Waals surface area contributed by atoms with Crippen molar-refractivity contribution in [2.24, 2.45) is 4.99 Å². The zero-order valence-corrected chi connectivity index (χ0v) is 17.0. The third-order valence-corrected chi connectivity index (χ3v) is 5.95. The first kappa shape index (κ1) is 18.7. The number of amidine groups is 2. The minimum Gasteiger partial charge on any atom is -0.318 e. The maximum absolute atomic E-state index is 13.5. The summed E-state index contributed by atoms with van der Waals surface area (Å²) in [5, 5.41) is 10.9. The Hall–Kier alpha value is -2.64. The molecular weight excluding hydrogens is 399 g/mol. The molecule has 3 heterocycles. The Labute approximate surface area is 170 Å². The average Bonchev–Trinajstić information content (AvgIpc) is 3.14. The van der Waals surface area contributed by atoms with Crippen LogP contribution >= 0.6 is 23.4 Å². The van der Waals surface area contributed by atoms with Gasteiger partial charge in [-0.1, -0.05) is 23.4 Å². The van der Waals surface area contributed by atoms with E-state index in [1.807, 2.05) is 36.8 Å². The molecule has 0 saturated carbocycles. The number of benzene rings is 1. The molecule has 0 saturated heterocycles. The zero-order valence-electron chi connectivity index (χ0n) is 15.4. The Morgan fingerprint density at radius 3 is 2.71 bits per heavy atom. The number of fused-ring (bicyclic) bond motifs is 1. The van der Waals surface area contributed by atoms with Crippen molar-refractivity contribution in [2.45, 2.75) is 20.8 Å². The number of nitrogens with one attached hydrogen (secondary N) is 1. The van der Waals surface area contributed by atoms with Crippen LogP contribution in [0.25, 0.3) is 11.8 Å². The summed E-state index contributed by atoms with van der Waals surface area (Å²) in [4.78, 5) is 18.3. The maximum atomic E-state index is 13.5. The molecule has 8 heteroatoms. The number of allylic oxidation sites excluding steroid dienone is 1. The van der Waals surface area contributed by atoms with Crippen molar-refractivity contribution in [3.05, 3.63) is 68.7 Å². The summed E-state index contributed by atoms with van der Waals surface area (Å²) >= 11 is 7.27. The van der Waals surface area contributed by atoms with Gasteiger partial charge in [0.15, 0.2) is 5.17 Å². The monoisotopic (exact) mass is 414 g/mol. The van der Waals surface area contributed by atoms with Gasteiger partial charge in [-0.15, -0.1) is 0 Å². The molecule has 4 rings (SSSR count). The van der Waals surface area contributed by atoms with E-state index in [9.17, 15) is 9.18 Å². The Morgan fingerprint density at radius 2 is 2.00 bits per heavy atom. The van der Waals surface area contributed by atoms with E-state index in [1.165, 1.54) is 17.8 Å². The van der Waals surface area contributed by atoms with Crippen LogP contribution in [0.4, 0.5) is 4.39 Å². The smallest absolute Gasteiger partial charge is 0.283 e. The van der Waals surface area contributed by atoms with Crippen molar-refractivity contribution in [2.75, 3.05) is 0 Å².